The molecule has 0 bridgehead atoms. The summed E-state index contributed by atoms with van der Waals surface area (Å²) in [6, 6.07) is 0.0742. The topological polar surface area (TPSA) is 45.2 Å². The maximum Gasteiger partial charge on any atom is 0.317 e. The second-order valence-corrected chi connectivity index (χ2v) is 7.00. The summed E-state index contributed by atoms with van der Waals surface area (Å²) < 4.78 is 0. The van der Waals surface area contributed by atoms with Crippen LogP contribution in [0, 0.1) is 0 Å². The minimum Gasteiger partial charge on any atom is -0.338 e. The lowest BCUT2D eigenvalue weighted by molar-refractivity contribution is 0.209. The molecule has 1 N–H and O–H groups in total. The zero-order valence-corrected chi connectivity index (χ0v) is 12.8. The Bertz CT molecular complexity index is 430. The van der Waals surface area contributed by atoms with Crippen molar-refractivity contribution in [2.75, 3.05) is 19.6 Å². The molecule has 1 fully saturated rings. The number of hydrogen-bond donors (Lipinski definition) is 1. The van der Waals surface area contributed by atoms with Crippen LogP contribution in [0.1, 0.15) is 44.3 Å². The third-order valence-electron chi connectivity index (χ3n) is 3.33. The van der Waals surface area contributed by atoms with Crippen molar-refractivity contribution in [1.29, 1.82) is 0 Å². The Morgan fingerprint density at radius 3 is 2.68 bits per heavy atom. The minimum absolute atomic E-state index is 0.0742. The van der Waals surface area contributed by atoms with Crippen molar-refractivity contribution in [3.05, 3.63) is 16.1 Å². The van der Waals surface area contributed by atoms with Gasteiger partial charge in [0.15, 0.2) is 0 Å². The van der Waals surface area contributed by atoms with Gasteiger partial charge in [-0.3, -0.25) is 0 Å². The van der Waals surface area contributed by atoms with Gasteiger partial charge in [-0.25, -0.2) is 9.78 Å². The molecule has 2 heterocycles. The van der Waals surface area contributed by atoms with Crippen LogP contribution in [-0.4, -0.2) is 35.5 Å². The first-order valence-electron chi connectivity index (χ1n) is 6.94. The van der Waals surface area contributed by atoms with E-state index in [0.717, 1.165) is 43.1 Å². The fraction of sp³-hybridized carbons (Fsp3) is 0.714. The fourth-order valence-corrected chi connectivity index (χ4v) is 3.10. The van der Waals surface area contributed by atoms with Crippen molar-refractivity contribution in [1.82, 2.24) is 15.2 Å². The predicted octanol–water partition coefficient (Wildman–Crippen LogP) is 2.79. The van der Waals surface area contributed by atoms with Crippen molar-refractivity contribution in [3.8, 4) is 0 Å². The highest BCUT2D eigenvalue weighted by molar-refractivity contribution is 7.09. The first kappa shape index (κ1) is 14.3. The van der Waals surface area contributed by atoms with Crippen molar-refractivity contribution in [2.45, 2.75) is 45.4 Å². The molecule has 1 aliphatic rings. The molecular formula is C14H23N3OS. The number of carbonyl (C=O) groups is 1. The molecule has 0 radical (unpaired) electrons. The van der Waals surface area contributed by atoms with Gasteiger partial charge in [0.25, 0.3) is 0 Å². The van der Waals surface area contributed by atoms with E-state index < -0.39 is 0 Å². The highest BCUT2D eigenvalue weighted by Crippen LogP contribution is 2.23. The lowest BCUT2D eigenvalue weighted by atomic mass is 9.93. The van der Waals surface area contributed by atoms with E-state index >= 15 is 0 Å². The SMILES string of the molecule is CC(C)(C)c1csc(CCNC(=O)N2CCCC2)n1. The standard InChI is InChI=1S/C14H23N3OS/c1-14(2,3)11-10-19-12(16-11)6-7-15-13(18)17-8-4-5-9-17/h10H,4-9H2,1-3H3,(H,15,18). The Kier molecular flexibility index (Phi) is 4.45. The molecule has 1 aromatic rings. The molecule has 0 saturated carbocycles. The van der Waals surface area contributed by atoms with Crippen molar-refractivity contribution in [3.63, 3.8) is 0 Å². The van der Waals surface area contributed by atoms with E-state index in [0.29, 0.717) is 6.54 Å². The molecular weight excluding hydrogens is 258 g/mol. The number of rotatable bonds is 3. The molecule has 106 valence electrons. The average molecular weight is 281 g/mol. The number of aromatic nitrogens is 1. The van der Waals surface area contributed by atoms with Crippen LogP contribution < -0.4 is 5.32 Å². The van der Waals surface area contributed by atoms with Crippen LogP contribution in [0.5, 0.6) is 0 Å². The van der Waals surface area contributed by atoms with Crippen LogP contribution in [0.2, 0.25) is 0 Å². The summed E-state index contributed by atoms with van der Waals surface area (Å²) in [5.41, 5.74) is 1.24. The molecule has 1 aliphatic heterocycles. The molecule has 4 nitrogen and oxygen atoms in total. The van der Waals surface area contributed by atoms with Gasteiger partial charge < -0.3 is 10.2 Å². The van der Waals surface area contributed by atoms with Gasteiger partial charge in [0.2, 0.25) is 0 Å². The van der Waals surface area contributed by atoms with Crippen molar-refractivity contribution >= 4 is 17.4 Å². The van der Waals surface area contributed by atoms with Crippen LogP contribution in [0.25, 0.3) is 0 Å². The van der Waals surface area contributed by atoms with Gasteiger partial charge >= 0.3 is 6.03 Å². The summed E-state index contributed by atoms with van der Waals surface area (Å²) in [6.45, 7) is 8.98. The van der Waals surface area contributed by atoms with E-state index in [1.54, 1.807) is 11.3 Å². The predicted molar refractivity (Wildman–Crippen MR) is 78.7 cm³/mol. The Balaban J connectivity index is 1.76. The van der Waals surface area contributed by atoms with Gasteiger partial charge in [0.1, 0.15) is 0 Å². The van der Waals surface area contributed by atoms with Gasteiger partial charge in [-0.15, -0.1) is 11.3 Å². The van der Waals surface area contributed by atoms with Crippen LogP contribution in [0.15, 0.2) is 5.38 Å². The second-order valence-electron chi connectivity index (χ2n) is 6.05. The highest BCUT2D eigenvalue weighted by atomic mass is 32.1. The Morgan fingerprint density at radius 1 is 1.42 bits per heavy atom. The zero-order chi connectivity index (χ0) is 13.9. The quantitative estimate of drug-likeness (QED) is 0.926. The monoisotopic (exact) mass is 281 g/mol. The Morgan fingerprint density at radius 2 is 2.11 bits per heavy atom. The first-order chi connectivity index (χ1) is 8.97. The molecule has 0 aromatic carbocycles. The number of urea groups is 1. The van der Waals surface area contributed by atoms with Crippen LogP contribution in [-0.2, 0) is 11.8 Å². The number of hydrogen-bond acceptors (Lipinski definition) is 3. The fourth-order valence-electron chi connectivity index (χ4n) is 2.08. The molecule has 0 unspecified atom stereocenters. The third-order valence-corrected chi connectivity index (χ3v) is 4.24. The Labute approximate surface area is 119 Å². The lowest BCUT2D eigenvalue weighted by Gasteiger charge is -2.16. The Hall–Kier alpha value is -1.10. The van der Waals surface area contributed by atoms with Crippen LogP contribution in [0.3, 0.4) is 0 Å². The van der Waals surface area contributed by atoms with E-state index in [1.165, 1.54) is 0 Å². The van der Waals surface area contributed by atoms with Gasteiger partial charge in [0, 0.05) is 36.9 Å². The summed E-state index contributed by atoms with van der Waals surface area (Å²) in [5, 5.41) is 6.20. The highest BCUT2D eigenvalue weighted by Gasteiger charge is 2.18. The number of nitrogens with one attached hydrogen (secondary N) is 1. The van der Waals surface area contributed by atoms with E-state index in [-0.39, 0.29) is 11.4 Å². The number of amides is 2. The molecule has 0 aliphatic carbocycles. The van der Waals surface area contributed by atoms with E-state index in [1.807, 2.05) is 4.90 Å². The molecule has 0 spiro atoms. The van der Waals surface area contributed by atoms with E-state index in [4.69, 9.17) is 0 Å². The largest absolute Gasteiger partial charge is 0.338 e. The molecule has 0 atom stereocenters. The summed E-state index contributed by atoms with van der Waals surface area (Å²) in [7, 11) is 0. The van der Waals surface area contributed by atoms with E-state index in [2.05, 4.69) is 36.5 Å². The van der Waals surface area contributed by atoms with Gasteiger partial charge in [-0.2, -0.15) is 0 Å². The zero-order valence-electron chi connectivity index (χ0n) is 12.0. The van der Waals surface area contributed by atoms with Crippen LogP contribution in [0.4, 0.5) is 4.79 Å². The molecule has 2 amide bonds. The number of carbonyl (C=O) groups excluding carboxylic acids is 1. The second kappa shape index (κ2) is 5.90. The number of thiazole rings is 1. The third kappa shape index (κ3) is 3.93. The summed E-state index contributed by atoms with van der Waals surface area (Å²) in [4.78, 5) is 18.3. The van der Waals surface area contributed by atoms with Crippen molar-refractivity contribution in [2.24, 2.45) is 0 Å². The van der Waals surface area contributed by atoms with Crippen LogP contribution >= 0.6 is 11.3 Å². The van der Waals surface area contributed by atoms with E-state index in [9.17, 15) is 4.79 Å². The van der Waals surface area contributed by atoms with Gasteiger partial charge in [0.05, 0.1) is 10.7 Å². The summed E-state index contributed by atoms with van der Waals surface area (Å²) >= 11 is 1.68. The van der Waals surface area contributed by atoms with Gasteiger partial charge in [-0.05, 0) is 12.8 Å². The normalized spacial score (nSPS) is 15.8. The minimum atomic E-state index is 0.0742. The maximum absolute atomic E-state index is 11.8. The smallest absolute Gasteiger partial charge is 0.317 e. The van der Waals surface area contributed by atoms with Gasteiger partial charge in [-0.1, -0.05) is 20.8 Å². The maximum atomic E-state index is 11.8. The van der Waals surface area contributed by atoms with Crippen molar-refractivity contribution < 1.29 is 4.79 Å². The molecule has 2 rings (SSSR count). The number of nitrogens with zero attached hydrogens (tertiary/aromatic N) is 2. The number of likely N-dealkylation sites (tertiary alicyclic amines) is 1. The molecule has 19 heavy (non-hydrogen) atoms. The molecule has 1 saturated heterocycles. The summed E-state index contributed by atoms with van der Waals surface area (Å²) in [6.07, 6.45) is 3.09. The lowest BCUT2D eigenvalue weighted by Crippen LogP contribution is -2.38. The summed E-state index contributed by atoms with van der Waals surface area (Å²) in [5.74, 6) is 0. The molecule has 1 aromatic heterocycles. The molecule has 5 heteroatoms. The average Bonchev–Trinajstić information content (AvgIpc) is 2.99. The first-order valence-corrected chi connectivity index (χ1v) is 7.82.